The molecule has 0 amide bonds. The molecule has 3 unspecified atom stereocenters. The summed E-state index contributed by atoms with van der Waals surface area (Å²) in [7, 11) is 3.64. The quantitative estimate of drug-likeness (QED) is 0.640. The Balaban J connectivity index is 1.77. The number of esters is 2. The Morgan fingerprint density at radius 1 is 1.06 bits per heavy atom. The number of carbonyl (C=O) groups is 2. The van der Waals surface area contributed by atoms with Gasteiger partial charge in [-0.2, -0.15) is 0 Å². The molecule has 1 saturated heterocycles. The molecule has 0 spiro atoms. The van der Waals surface area contributed by atoms with Gasteiger partial charge in [0.25, 0.3) is 0 Å². The summed E-state index contributed by atoms with van der Waals surface area (Å²) in [4.78, 5) is 28.2. The molecule has 3 rings (SSSR count). The van der Waals surface area contributed by atoms with Gasteiger partial charge >= 0.3 is 11.9 Å². The minimum Gasteiger partial charge on any atom is -0.497 e. The second-order valence-corrected chi connectivity index (χ2v) is 8.70. The van der Waals surface area contributed by atoms with Crippen molar-refractivity contribution < 1.29 is 23.8 Å². The van der Waals surface area contributed by atoms with Crippen LogP contribution in [0.3, 0.4) is 0 Å². The van der Waals surface area contributed by atoms with Crippen LogP contribution in [-0.2, 0) is 14.3 Å². The van der Waals surface area contributed by atoms with Crippen LogP contribution in [0.2, 0.25) is 0 Å². The van der Waals surface area contributed by atoms with E-state index in [4.69, 9.17) is 14.2 Å². The normalized spacial score (nSPS) is 21.7. The maximum absolute atomic E-state index is 13.1. The third kappa shape index (κ3) is 5.44. The summed E-state index contributed by atoms with van der Waals surface area (Å²) in [6, 6.07) is 15.8. The van der Waals surface area contributed by atoms with Crippen molar-refractivity contribution in [3.05, 3.63) is 65.7 Å². The fraction of sp³-hybridized carbons (Fsp3) is 0.440. The molecular formula is C25H31NO5. The molecule has 1 heterocycles. The average molecular weight is 426 g/mol. The predicted octanol–water partition coefficient (Wildman–Crippen LogP) is 4.40. The van der Waals surface area contributed by atoms with Crippen molar-refractivity contribution >= 4 is 11.9 Å². The number of rotatable bonds is 6. The van der Waals surface area contributed by atoms with Crippen molar-refractivity contribution in [2.24, 2.45) is 0 Å². The predicted molar refractivity (Wildman–Crippen MR) is 118 cm³/mol. The minimum atomic E-state index is -1.13. The van der Waals surface area contributed by atoms with Gasteiger partial charge in [-0.05, 0) is 58.5 Å². The first kappa shape index (κ1) is 22.8. The fourth-order valence-electron chi connectivity index (χ4n) is 4.02. The molecule has 0 aliphatic carbocycles. The maximum Gasteiger partial charge on any atom is 0.352 e. The van der Waals surface area contributed by atoms with E-state index in [1.807, 2.05) is 6.07 Å². The van der Waals surface area contributed by atoms with Crippen LogP contribution in [0.25, 0.3) is 0 Å². The smallest absolute Gasteiger partial charge is 0.352 e. The van der Waals surface area contributed by atoms with Crippen molar-refractivity contribution in [3.63, 3.8) is 0 Å². The summed E-state index contributed by atoms with van der Waals surface area (Å²) in [5, 5.41) is 0. The lowest BCUT2D eigenvalue weighted by atomic mass is 9.85. The lowest BCUT2D eigenvalue weighted by molar-refractivity contribution is -0.166. The Bertz CT molecular complexity index is 894. The van der Waals surface area contributed by atoms with Gasteiger partial charge < -0.3 is 14.2 Å². The van der Waals surface area contributed by atoms with Gasteiger partial charge in [-0.15, -0.1) is 0 Å². The van der Waals surface area contributed by atoms with E-state index in [-0.39, 0.29) is 17.7 Å². The second kappa shape index (κ2) is 9.52. The van der Waals surface area contributed by atoms with Crippen LogP contribution in [0.15, 0.2) is 54.6 Å². The van der Waals surface area contributed by atoms with E-state index in [1.165, 1.54) is 0 Å². The van der Waals surface area contributed by atoms with E-state index in [1.54, 1.807) is 55.6 Å². The summed E-state index contributed by atoms with van der Waals surface area (Å²) in [5.41, 5.74) is 0.822. The average Bonchev–Trinajstić information content (AvgIpc) is 2.76. The van der Waals surface area contributed by atoms with Gasteiger partial charge in [0, 0.05) is 23.6 Å². The van der Waals surface area contributed by atoms with E-state index < -0.39 is 18.0 Å². The summed E-state index contributed by atoms with van der Waals surface area (Å²) in [6.45, 7) is 6.41. The van der Waals surface area contributed by atoms with Crippen LogP contribution in [-0.4, -0.2) is 48.7 Å². The first-order valence-corrected chi connectivity index (χ1v) is 10.5. The molecule has 6 nitrogen and oxygen atoms in total. The Morgan fingerprint density at radius 3 is 2.29 bits per heavy atom. The van der Waals surface area contributed by atoms with Crippen molar-refractivity contribution in [1.29, 1.82) is 0 Å². The number of methoxy groups -OCH3 is 1. The van der Waals surface area contributed by atoms with Crippen LogP contribution < -0.4 is 4.74 Å². The van der Waals surface area contributed by atoms with Crippen LogP contribution in [0, 0.1) is 0 Å². The number of piperidine rings is 1. The molecule has 1 fully saturated rings. The van der Waals surface area contributed by atoms with Gasteiger partial charge in [-0.25, -0.2) is 9.59 Å². The number of hydrogen-bond donors (Lipinski definition) is 0. The Labute approximate surface area is 184 Å². The first-order valence-electron chi connectivity index (χ1n) is 10.5. The van der Waals surface area contributed by atoms with Crippen molar-refractivity contribution in [2.75, 3.05) is 14.2 Å². The largest absolute Gasteiger partial charge is 0.497 e. The molecule has 0 aromatic heterocycles. The Hall–Kier alpha value is -2.86. The van der Waals surface area contributed by atoms with Gasteiger partial charge in [0.1, 0.15) is 11.9 Å². The Morgan fingerprint density at radius 2 is 1.71 bits per heavy atom. The second-order valence-electron chi connectivity index (χ2n) is 8.70. The highest BCUT2D eigenvalue weighted by Crippen LogP contribution is 2.33. The van der Waals surface area contributed by atoms with E-state index in [2.05, 4.69) is 32.7 Å². The van der Waals surface area contributed by atoms with E-state index >= 15 is 0 Å². The minimum absolute atomic E-state index is 0.0926. The summed E-state index contributed by atoms with van der Waals surface area (Å²) in [5.74, 6) is -0.509. The molecule has 0 bridgehead atoms. The van der Waals surface area contributed by atoms with Crippen molar-refractivity contribution in [3.8, 4) is 5.75 Å². The Kier molecular flexibility index (Phi) is 7.01. The molecule has 0 saturated carbocycles. The number of hydrogen-bond acceptors (Lipinski definition) is 6. The van der Waals surface area contributed by atoms with Gasteiger partial charge in [-0.3, -0.25) is 4.90 Å². The lowest BCUT2D eigenvalue weighted by Gasteiger charge is -2.47. The molecule has 166 valence electrons. The zero-order chi connectivity index (χ0) is 22.6. The van der Waals surface area contributed by atoms with Crippen LogP contribution >= 0.6 is 0 Å². The van der Waals surface area contributed by atoms with Crippen molar-refractivity contribution in [1.82, 2.24) is 4.90 Å². The molecule has 1 aliphatic heterocycles. The third-order valence-corrected chi connectivity index (χ3v) is 6.10. The topological polar surface area (TPSA) is 65.1 Å². The molecule has 0 radical (unpaired) electrons. The summed E-state index contributed by atoms with van der Waals surface area (Å²) >= 11 is 0. The maximum atomic E-state index is 13.1. The zero-order valence-electron chi connectivity index (χ0n) is 18.8. The van der Waals surface area contributed by atoms with Gasteiger partial charge in [-0.1, -0.05) is 30.3 Å². The van der Waals surface area contributed by atoms with Gasteiger partial charge in [0.15, 0.2) is 0 Å². The zero-order valence-corrected chi connectivity index (χ0v) is 18.8. The standard InChI is InChI=1S/C25H31NO5/c1-17-15-21(16-25(2,3)26(17)4)30-24(28)22(18-9-7-6-8-10-18)31-23(27)19-11-13-20(29-5)14-12-19/h6-14,17,21-22H,15-16H2,1-5H3. The van der Waals surface area contributed by atoms with Crippen LogP contribution in [0.1, 0.15) is 55.6 Å². The fourth-order valence-corrected chi connectivity index (χ4v) is 4.02. The monoisotopic (exact) mass is 425 g/mol. The highest BCUT2D eigenvalue weighted by Gasteiger charge is 2.39. The third-order valence-electron chi connectivity index (χ3n) is 6.10. The molecule has 2 aromatic rings. The van der Waals surface area contributed by atoms with Gasteiger partial charge in [0.05, 0.1) is 12.7 Å². The highest BCUT2D eigenvalue weighted by atomic mass is 16.6. The lowest BCUT2D eigenvalue weighted by Crippen LogP contribution is -2.54. The molecule has 0 N–H and O–H groups in total. The van der Waals surface area contributed by atoms with Crippen LogP contribution in [0.5, 0.6) is 5.75 Å². The van der Waals surface area contributed by atoms with E-state index in [0.29, 0.717) is 23.3 Å². The number of likely N-dealkylation sites (tertiary alicyclic amines) is 1. The van der Waals surface area contributed by atoms with Gasteiger partial charge in [0.2, 0.25) is 6.10 Å². The molecule has 6 heteroatoms. The van der Waals surface area contributed by atoms with Crippen LogP contribution in [0.4, 0.5) is 0 Å². The molecule has 2 aromatic carbocycles. The molecule has 1 aliphatic rings. The molecular weight excluding hydrogens is 394 g/mol. The first-order chi connectivity index (χ1) is 14.7. The van der Waals surface area contributed by atoms with Crippen molar-refractivity contribution in [2.45, 2.75) is 57.4 Å². The van der Waals surface area contributed by atoms with E-state index in [0.717, 1.165) is 6.42 Å². The number of ether oxygens (including phenoxy) is 3. The van der Waals surface area contributed by atoms with E-state index in [9.17, 15) is 9.59 Å². The highest BCUT2D eigenvalue weighted by molar-refractivity contribution is 5.91. The number of benzene rings is 2. The SMILES string of the molecule is COc1ccc(C(=O)OC(C(=O)OC2CC(C)N(C)C(C)(C)C2)c2ccccc2)cc1. The number of nitrogens with zero attached hydrogens (tertiary/aromatic N) is 1. The molecule has 31 heavy (non-hydrogen) atoms. The summed E-state index contributed by atoms with van der Waals surface area (Å²) in [6.07, 6.45) is 0.0844. The summed E-state index contributed by atoms with van der Waals surface area (Å²) < 4.78 is 16.6. The molecule has 3 atom stereocenters. The number of carbonyl (C=O) groups excluding carboxylic acids is 2.